The quantitative estimate of drug-likeness (QED) is 0.787. The maximum atomic E-state index is 11.9. The van der Waals surface area contributed by atoms with Crippen LogP contribution in [0.3, 0.4) is 0 Å². The van der Waals surface area contributed by atoms with Gasteiger partial charge in [0.15, 0.2) is 9.84 Å². The SMILES string of the molecule is CCCCCNC(=O)CS(=O)(=O)c1ccc(Cl)cc1. The van der Waals surface area contributed by atoms with Crippen molar-refractivity contribution in [3.05, 3.63) is 29.3 Å². The number of carbonyl (C=O) groups excluding carboxylic acids is 1. The highest BCUT2D eigenvalue weighted by Gasteiger charge is 2.18. The number of unbranched alkanes of at least 4 members (excludes halogenated alkanes) is 2. The number of benzene rings is 1. The zero-order valence-electron chi connectivity index (χ0n) is 10.9. The Morgan fingerprint density at radius 3 is 2.42 bits per heavy atom. The van der Waals surface area contributed by atoms with Gasteiger partial charge in [-0.1, -0.05) is 31.4 Å². The Morgan fingerprint density at radius 1 is 1.21 bits per heavy atom. The van der Waals surface area contributed by atoms with Gasteiger partial charge in [0.2, 0.25) is 5.91 Å². The van der Waals surface area contributed by atoms with Crippen molar-refractivity contribution in [3.8, 4) is 0 Å². The Labute approximate surface area is 119 Å². The number of carbonyl (C=O) groups is 1. The number of amides is 1. The molecule has 0 saturated carbocycles. The molecule has 1 rings (SSSR count). The van der Waals surface area contributed by atoms with E-state index in [2.05, 4.69) is 12.2 Å². The van der Waals surface area contributed by atoms with Gasteiger partial charge in [-0.05, 0) is 30.7 Å². The number of hydrogen-bond donors (Lipinski definition) is 1. The lowest BCUT2D eigenvalue weighted by Crippen LogP contribution is -2.31. The van der Waals surface area contributed by atoms with E-state index in [1.807, 2.05) is 0 Å². The molecule has 0 saturated heterocycles. The molecular formula is C13H18ClNO3S. The third kappa shape index (κ3) is 5.61. The summed E-state index contributed by atoms with van der Waals surface area (Å²) in [4.78, 5) is 11.7. The fourth-order valence-corrected chi connectivity index (χ4v) is 2.84. The van der Waals surface area contributed by atoms with Gasteiger partial charge in [0.25, 0.3) is 0 Å². The standard InChI is InChI=1S/C13H18ClNO3S/c1-2-3-4-9-15-13(16)10-19(17,18)12-7-5-11(14)6-8-12/h5-8H,2-4,9-10H2,1H3,(H,15,16). The average Bonchev–Trinajstić information content (AvgIpc) is 2.34. The second-order valence-electron chi connectivity index (χ2n) is 4.27. The lowest BCUT2D eigenvalue weighted by Gasteiger charge is -2.06. The van der Waals surface area contributed by atoms with Crippen LogP contribution in [0.2, 0.25) is 5.02 Å². The Hall–Kier alpha value is -1.07. The first-order chi connectivity index (χ1) is 8.95. The first-order valence-electron chi connectivity index (χ1n) is 6.20. The Balaban J connectivity index is 2.55. The minimum absolute atomic E-state index is 0.112. The van der Waals surface area contributed by atoms with E-state index in [1.165, 1.54) is 24.3 Å². The molecule has 0 atom stereocenters. The van der Waals surface area contributed by atoms with Gasteiger partial charge in [-0.2, -0.15) is 0 Å². The number of sulfone groups is 1. The van der Waals surface area contributed by atoms with Crippen LogP contribution < -0.4 is 5.32 Å². The molecular weight excluding hydrogens is 286 g/mol. The van der Waals surface area contributed by atoms with Crippen molar-refractivity contribution in [2.24, 2.45) is 0 Å². The molecule has 0 unspecified atom stereocenters. The van der Waals surface area contributed by atoms with Crippen LogP contribution in [0.4, 0.5) is 0 Å². The first kappa shape index (κ1) is 16.0. The summed E-state index contributed by atoms with van der Waals surface area (Å²) < 4.78 is 23.9. The van der Waals surface area contributed by atoms with Gasteiger partial charge in [-0.25, -0.2) is 8.42 Å². The largest absolute Gasteiger partial charge is 0.355 e. The summed E-state index contributed by atoms with van der Waals surface area (Å²) in [5.74, 6) is -0.994. The van der Waals surface area contributed by atoms with Gasteiger partial charge >= 0.3 is 0 Å². The van der Waals surface area contributed by atoms with Crippen molar-refractivity contribution >= 4 is 27.3 Å². The van der Waals surface area contributed by atoms with E-state index in [4.69, 9.17) is 11.6 Å². The Morgan fingerprint density at radius 2 is 1.84 bits per heavy atom. The van der Waals surface area contributed by atoms with Crippen LogP contribution in [0.5, 0.6) is 0 Å². The minimum Gasteiger partial charge on any atom is -0.355 e. The topological polar surface area (TPSA) is 63.2 Å². The van der Waals surface area contributed by atoms with E-state index in [-0.39, 0.29) is 4.90 Å². The molecule has 0 bridgehead atoms. The van der Waals surface area contributed by atoms with E-state index in [9.17, 15) is 13.2 Å². The van der Waals surface area contributed by atoms with E-state index >= 15 is 0 Å². The third-order valence-electron chi connectivity index (χ3n) is 2.60. The van der Waals surface area contributed by atoms with Crippen LogP contribution in [0.15, 0.2) is 29.2 Å². The van der Waals surface area contributed by atoms with Gasteiger partial charge in [0.05, 0.1) is 4.90 Å². The molecule has 6 heteroatoms. The molecule has 0 aliphatic heterocycles. The van der Waals surface area contributed by atoms with Crippen molar-refractivity contribution < 1.29 is 13.2 Å². The molecule has 0 radical (unpaired) electrons. The lowest BCUT2D eigenvalue weighted by molar-refractivity contribution is -0.118. The Kier molecular flexibility index (Phi) is 6.31. The predicted octanol–water partition coefficient (Wildman–Crippen LogP) is 2.42. The maximum absolute atomic E-state index is 11.9. The van der Waals surface area contributed by atoms with Gasteiger partial charge in [0.1, 0.15) is 5.75 Å². The normalized spacial score (nSPS) is 11.3. The Bertz CT molecular complexity index is 511. The van der Waals surface area contributed by atoms with Crippen LogP contribution in [0.25, 0.3) is 0 Å². The van der Waals surface area contributed by atoms with Crippen molar-refractivity contribution in [1.82, 2.24) is 5.32 Å². The number of hydrogen-bond acceptors (Lipinski definition) is 3. The van der Waals surface area contributed by atoms with Crippen LogP contribution >= 0.6 is 11.6 Å². The zero-order chi connectivity index (χ0) is 14.3. The fourth-order valence-electron chi connectivity index (χ4n) is 1.55. The van der Waals surface area contributed by atoms with Gasteiger partial charge in [-0.15, -0.1) is 0 Å². The summed E-state index contributed by atoms with van der Waals surface area (Å²) in [6.45, 7) is 2.58. The van der Waals surface area contributed by atoms with Crippen LogP contribution in [0, 0.1) is 0 Å². The highest BCUT2D eigenvalue weighted by atomic mass is 35.5. The van der Waals surface area contributed by atoms with Gasteiger partial charge in [-0.3, -0.25) is 4.79 Å². The molecule has 1 aromatic rings. The summed E-state index contributed by atoms with van der Waals surface area (Å²) in [6, 6.07) is 5.80. The van der Waals surface area contributed by atoms with Crippen molar-refractivity contribution in [3.63, 3.8) is 0 Å². The zero-order valence-corrected chi connectivity index (χ0v) is 12.4. The van der Waals surface area contributed by atoms with Crippen LogP contribution in [-0.2, 0) is 14.6 Å². The van der Waals surface area contributed by atoms with E-state index in [1.54, 1.807) is 0 Å². The molecule has 0 aromatic heterocycles. The molecule has 106 valence electrons. The molecule has 0 spiro atoms. The van der Waals surface area contributed by atoms with Gasteiger partial charge in [0, 0.05) is 11.6 Å². The molecule has 0 aliphatic carbocycles. The molecule has 19 heavy (non-hydrogen) atoms. The molecule has 4 nitrogen and oxygen atoms in total. The molecule has 0 heterocycles. The smallest absolute Gasteiger partial charge is 0.235 e. The second-order valence-corrected chi connectivity index (χ2v) is 6.70. The highest BCUT2D eigenvalue weighted by Crippen LogP contribution is 2.15. The maximum Gasteiger partial charge on any atom is 0.235 e. The summed E-state index contributed by atoms with van der Waals surface area (Å²) in [6.07, 6.45) is 2.94. The highest BCUT2D eigenvalue weighted by molar-refractivity contribution is 7.92. The molecule has 0 fully saturated rings. The minimum atomic E-state index is -3.59. The van der Waals surface area contributed by atoms with Crippen LogP contribution in [-0.4, -0.2) is 26.6 Å². The first-order valence-corrected chi connectivity index (χ1v) is 8.24. The number of halogens is 1. The van der Waals surface area contributed by atoms with Crippen LogP contribution in [0.1, 0.15) is 26.2 Å². The van der Waals surface area contributed by atoms with Gasteiger partial charge < -0.3 is 5.32 Å². The van der Waals surface area contributed by atoms with E-state index in [0.29, 0.717) is 11.6 Å². The van der Waals surface area contributed by atoms with Crippen molar-refractivity contribution in [2.45, 2.75) is 31.1 Å². The van der Waals surface area contributed by atoms with E-state index < -0.39 is 21.5 Å². The number of rotatable bonds is 7. The summed E-state index contributed by atoms with van der Waals surface area (Å²) in [5, 5.41) is 3.07. The third-order valence-corrected chi connectivity index (χ3v) is 4.48. The molecule has 1 amide bonds. The summed E-state index contributed by atoms with van der Waals surface area (Å²) >= 11 is 5.69. The second kappa shape index (κ2) is 7.50. The number of nitrogens with one attached hydrogen (secondary N) is 1. The molecule has 1 N–H and O–H groups in total. The van der Waals surface area contributed by atoms with Crippen molar-refractivity contribution in [1.29, 1.82) is 0 Å². The average molecular weight is 304 g/mol. The predicted molar refractivity (Wildman–Crippen MR) is 76.0 cm³/mol. The fraction of sp³-hybridized carbons (Fsp3) is 0.462. The van der Waals surface area contributed by atoms with Crippen molar-refractivity contribution in [2.75, 3.05) is 12.3 Å². The molecule has 0 aliphatic rings. The van der Waals surface area contributed by atoms with E-state index in [0.717, 1.165) is 19.3 Å². The summed E-state index contributed by atoms with van der Waals surface area (Å²) in [7, 11) is -3.59. The lowest BCUT2D eigenvalue weighted by atomic mass is 10.2. The molecule has 1 aromatic carbocycles. The summed E-state index contributed by atoms with van der Waals surface area (Å²) in [5.41, 5.74) is 0. The monoisotopic (exact) mass is 303 g/mol.